The van der Waals surface area contributed by atoms with E-state index in [1.165, 1.54) is 0 Å². The SMILES string of the molecule is C=CCN1C(C)c2ccccc2NC(=O)C1c1cccc2ccccc12. The Morgan fingerprint density at radius 1 is 1.00 bits per heavy atom. The van der Waals surface area contributed by atoms with E-state index in [-0.39, 0.29) is 18.0 Å². The Morgan fingerprint density at radius 3 is 2.54 bits per heavy atom. The number of hydrogen-bond acceptors (Lipinski definition) is 2. The number of amides is 1. The third-order valence-electron chi connectivity index (χ3n) is 5.20. The van der Waals surface area contributed by atoms with Crippen LogP contribution in [0.2, 0.25) is 0 Å². The van der Waals surface area contributed by atoms with Crippen molar-refractivity contribution in [2.45, 2.75) is 19.0 Å². The predicted octanol–water partition coefficient (Wildman–Crippen LogP) is 5.08. The van der Waals surface area contributed by atoms with Crippen LogP contribution in [-0.4, -0.2) is 17.4 Å². The van der Waals surface area contributed by atoms with Gasteiger partial charge in [-0.15, -0.1) is 6.58 Å². The molecule has 0 radical (unpaired) electrons. The summed E-state index contributed by atoms with van der Waals surface area (Å²) in [6.45, 7) is 6.71. The molecular weight excluding hydrogens is 320 g/mol. The fourth-order valence-corrected chi connectivity index (χ4v) is 3.95. The van der Waals surface area contributed by atoms with Crippen LogP contribution in [0.25, 0.3) is 10.8 Å². The lowest BCUT2D eigenvalue weighted by atomic mass is 9.95. The molecule has 1 aliphatic rings. The maximum Gasteiger partial charge on any atom is 0.246 e. The number of fused-ring (bicyclic) bond motifs is 2. The van der Waals surface area contributed by atoms with Gasteiger partial charge in [-0.3, -0.25) is 9.69 Å². The fraction of sp³-hybridized carbons (Fsp3) is 0.174. The van der Waals surface area contributed by atoms with Gasteiger partial charge in [0.05, 0.1) is 0 Å². The van der Waals surface area contributed by atoms with Gasteiger partial charge in [0.1, 0.15) is 6.04 Å². The average Bonchev–Trinajstić information content (AvgIpc) is 2.77. The number of hydrogen-bond donors (Lipinski definition) is 1. The molecule has 0 aliphatic carbocycles. The molecule has 3 nitrogen and oxygen atoms in total. The third kappa shape index (κ3) is 2.71. The van der Waals surface area contributed by atoms with Crippen molar-refractivity contribution in [2.75, 3.05) is 11.9 Å². The van der Waals surface area contributed by atoms with Gasteiger partial charge in [-0.25, -0.2) is 0 Å². The molecule has 2 unspecified atom stereocenters. The molecule has 130 valence electrons. The highest BCUT2D eigenvalue weighted by atomic mass is 16.2. The lowest BCUT2D eigenvalue weighted by Crippen LogP contribution is -2.36. The Hall–Kier alpha value is -2.91. The van der Waals surface area contributed by atoms with Gasteiger partial charge in [-0.2, -0.15) is 0 Å². The standard InChI is InChI=1S/C23H22N2O/c1-3-15-25-16(2)18-11-6-7-14-21(18)24-23(26)22(25)20-13-8-10-17-9-4-5-12-19(17)20/h3-14,16,22H,1,15H2,2H3,(H,24,26). The molecule has 1 aliphatic heterocycles. The Morgan fingerprint density at radius 2 is 1.69 bits per heavy atom. The summed E-state index contributed by atoms with van der Waals surface area (Å²) in [7, 11) is 0. The topological polar surface area (TPSA) is 32.3 Å². The molecule has 26 heavy (non-hydrogen) atoms. The van der Waals surface area contributed by atoms with Gasteiger partial charge < -0.3 is 5.32 Å². The lowest BCUT2D eigenvalue weighted by Gasteiger charge is -2.33. The molecule has 0 fully saturated rings. The van der Waals surface area contributed by atoms with Crippen molar-refractivity contribution in [3.05, 3.63) is 90.5 Å². The molecule has 0 saturated heterocycles. The Kier molecular flexibility index (Phi) is 4.31. The number of nitrogens with one attached hydrogen (secondary N) is 1. The number of carbonyl (C=O) groups excluding carboxylic acids is 1. The maximum atomic E-state index is 13.3. The summed E-state index contributed by atoms with van der Waals surface area (Å²) < 4.78 is 0. The van der Waals surface area contributed by atoms with E-state index in [4.69, 9.17) is 0 Å². The van der Waals surface area contributed by atoms with Gasteiger partial charge >= 0.3 is 0 Å². The maximum absolute atomic E-state index is 13.3. The van der Waals surface area contributed by atoms with Crippen molar-refractivity contribution >= 4 is 22.4 Å². The summed E-state index contributed by atoms with van der Waals surface area (Å²) in [5.74, 6) is 0.00000283. The number of benzene rings is 3. The van der Waals surface area contributed by atoms with Gasteiger partial charge in [0.15, 0.2) is 0 Å². The van der Waals surface area contributed by atoms with Gasteiger partial charge in [-0.05, 0) is 34.9 Å². The first-order chi connectivity index (χ1) is 12.7. The largest absolute Gasteiger partial charge is 0.324 e. The van der Waals surface area contributed by atoms with Crippen molar-refractivity contribution in [1.82, 2.24) is 4.90 Å². The highest BCUT2D eigenvalue weighted by molar-refractivity contribution is 6.00. The third-order valence-corrected chi connectivity index (χ3v) is 5.20. The summed E-state index contributed by atoms with van der Waals surface area (Å²) in [6, 6.07) is 22.2. The fourth-order valence-electron chi connectivity index (χ4n) is 3.95. The zero-order valence-electron chi connectivity index (χ0n) is 14.9. The van der Waals surface area contributed by atoms with Crippen LogP contribution in [0.4, 0.5) is 5.69 Å². The van der Waals surface area contributed by atoms with Gasteiger partial charge in [0.2, 0.25) is 5.91 Å². The molecule has 0 bridgehead atoms. The number of carbonyl (C=O) groups is 1. The molecule has 1 N–H and O–H groups in total. The number of rotatable bonds is 3. The summed E-state index contributed by atoms with van der Waals surface area (Å²) in [5, 5.41) is 5.40. The van der Waals surface area contributed by atoms with Crippen molar-refractivity contribution in [3.63, 3.8) is 0 Å². The molecular formula is C23H22N2O. The van der Waals surface area contributed by atoms with Crippen LogP contribution in [-0.2, 0) is 4.79 Å². The monoisotopic (exact) mass is 342 g/mol. The van der Waals surface area contributed by atoms with Gasteiger partial charge in [0, 0.05) is 18.3 Å². The summed E-state index contributed by atoms with van der Waals surface area (Å²) >= 11 is 0. The minimum Gasteiger partial charge on any atom is -0.324 e. The van der Waals surface area contributed by atoms with Crippen LogP contribution in [0.15, 0.2) is 79.4 Å². The minimum absolute atomic E-state index is 0.00000283. The summed E-state index contributed by atoms with van der Waals surface area (Å²) in [5.41, 5.74) is 3.05. The van der Waals surface area contributed by atoms with Crippen LogP contribution in [0.3, 0.4) is 0 Å². The molecule has 1 heterocycles. The smallest absolute Gasteiger partial charge is 0.246 e. The van der Waals surface area contributed by atoms with E-state index in [1.54, 1.807) is 0 Å². The van der Waals surface area contributed by atoms with Crippen LogP contribution in [0, 0.1) is 0 Å². The number of anilines is 1. The van der Waals surface area contributed by atoms with Crippen LogP contribution in [0.1, 0.15) is 30.1 Å². The van der Waals surface area contributed by atoms with E-state index in [0.29, 0.717) is 6.54 Å². The predicted molar refractivity (Wildman–Crippen MR) is 107 cm³/mol. The minimum atomic E-state index is -0.374. The number of para-hydroxylation sites is 1. The Bertz CT molecular complexity index is 973. The zero-order valence-corrected chi connectivity index (χ0v) is 14.9. The van der Waals surface area contributed by atoms with E-state index in [0.717, 1.165) is 27.6 Å². The van der Waals surface area contributed by atoms with E-state index in [1.807, 2.05) is 42.5 Å². The highest BCUT2D eigenvalue weighted by Gasteiger charge is 2.35. The molecule has 3 aromatic rings. The first-order valence-corrected chi connectivity index (χ1v) is 8.95. The second-order valence-corrected chi connectivity index (χ2v) is 6.71. The highest BCUT2D eigenvalue weighted by Crippen LogP contribution is 2.39. The molecule has 0 aromatic heterocycles. The van der Waals surface area contributed by atoms with Crippen molar-refractivity contribution in [3.8, 4) is 0 Å². The molecule has 1 amide bonds. The molecule has 3 heteroatoms. The Labute approximate surface area is 154 Å². The molecule has 0 saturated carbocycles. The van der Waals surface area contributed by atoms with Crippen molar-refractivity contribution in [1.29, 1.82) is 0 Å². The number of nitrogens with zero attached hydrogens (tertiary/aromatic N) is 1. The van der Waals surface area contributed by atoms with Crippen LogP contribution < -0.4 is 5.32 Å². The second-order valence-electron chi connectivity index (χ2n) is 6.71. The molecule has 2 atom stereocenters. The first-order valence-electron chi connectivity index (χ1n) is 8.95. The summed E-state index contributed by atoms with van der Waals surface area (Å²) in [4.78, 5) is 15.5. The first kappa shape index (κ1) is 16.6. The molecule has 0 spiro atoms. The Balaban J connectivity index is 1.91. The van der Waals surface area contributed by atoms with E-state index < -0.39 is 0 Å². The second kappa shape index (κ2) is 6.77. The average molecular weight is 342 g/mol. The van der Waals surface area contributed by atoms with E-state index in [2.05, 4.69) is 54.1 Å². The van der Waals surface area contributed by atoms with E-state index in [9.17, 15) is 4.79 Å². The molecule has 3 aromatic carbocycles. The van der Waals surface area contributed by atoms with Gasteiger partial charge in [0.25, 0.3) is 0 Å². The lowest BCUT2D eigenvalue weighted by molar-refractivity contribution is -0.121. The van der Waals surface area contributed by atoms with Crippen LogP contribution >= 0.6 is 0 Å². The molecule has 4 rings (SSSR count). The van der Waals surface area contributed by atoms with Crippen molar-refractivity contribution < 1.29 is 4.79 Å². The van der Waals surface area contributed by atoms with Crippen LogP contribution in [0.5, 0.6) is 0 Å². The van der Waals surface area contributed by atoms with Gasteiger partial charge in [-0.1, -0.05) is 66.7 Å². The van der Waals surface area contributed by atoms with E-state index >= 15 is 0 Å². The quantitative estimate of drug-likeness (QED) is 0.673. The van der Waals surface area contributed by atoms with Crippen molar-refractivity contribution in [2.24, 2.45) is 0 Å². The summed E-state index contributed by atoms with van der Waals surface area (Å²) in [6.07, 6.45) is 1.87. The normalized spacial score (nSPS) is 20.3. The zero-order chi connectivity index (χ0) is 18.1.